The summed E-state index contributed by atoms with van der Waals surface area (Å²) in [6.07, 6.45) is 1.96. The number of allylic oxidation sites excluding steroid dienone is 2. The Balaban J connectivity index is 3.02. The number of carbonyl (C=O) groups excluding carboxylic acids is 2. The van der Waals surface area contributed by atoms with E-state index in [4.69, 9.17) is 5.11 Å². The molecule has 0 aliphatic heterocycles. The molecule has 1 aliphatic rings. The second-order valence-corrected chi connectivity index (χ2v) is 2.94. The summed E-state index contributed by atoms with van der Waals surface area (Å²) in [5.74, 6) is -2.69. The lowest BCUT2D eigenvalue weighted by atomic mass is 9.98. The Hall–Kier alpha value is -2.18. The third kappa shape index (κ3) is 2.08. The lowest BCUT2D eigenvalue weighted by Gasteiger charge is -2.12. The smallest absolute Gasteiger partial charge is 0.342 e. The Morgan fingerprint density at radius 1 is 1.62 bits per heavy atom. The zero-order chi connectivity index (χ0) is 12.3. The van der Waals surface area contributed by atoms with Crippen LogP contribution in [-0.4, -0.2) is 34.4 Å². The molecule has 0 aromatic carbocycles. The number of hydrogen-bond donors (Lipinski definition) is 1. The summed E-state index contributed by atoms with van der Waals surface area (Å²) in [7, 11) is 0. The van der Waals surface area contributed by atoms with Gasteiger partial charge in [0.1, 0.15) is 5.57 Å². The maximum atomic E-state index is 11.5. The maximum absolute atomic E-state index is 11.5. The van der Waals surface area contributed by atoms with Crippen molar-refractivity contribution in [3.8, 4) is 0 Å². The maximum Gasteiger partial charge on any atom is 0.342 e. The Kier molecular flexibility index (Phi) is 3.39. The molecule has 7 heteroatoms. The summed E-state index contributed by atoms with van der Waals surface area (Å²) in [5.41, 5.74) is -0.429. The van der Waals surface area contributed by atoms with E-state index < -0.39 is 34.0 Å². The van der Waals surface area contributed by atoms with E-state index in [1.807, 2.05) is 0 Å². The van der Waals surface area contributed by atoms with Gasteiger partial charge in [0.15, 0.2) is 5.76 Å². The molecule has 0 amide bonds. The summed E-state index contributed by atoms with van der Waals surface area (Å²) in [6.45, 7) is 1.60. The van der Waals surface area contributed by atoms with Gasteiger partial charge in [-0.2, -0.15) is 0 Å². The predicted octanol–water partition coefficient (Wildman–Crippen LogP) is 0.146. The van der Waals surface area contributed by atoms with Crippen LogP contribution in [-0.2, 0) is 14.3 Å². The summed E-state index contributed by atoms with van der Waals surface area (Å²) in [5, 5.41) is 19.6. The van der Waals surface area contributed by atoms with Crippen LogP contribution in [0.1, 0.15) is 6.92 Å². The van der Waals surface area contributed by atoms with Crippen LogP contribution in [0.2, 0.25) is 0 Å². The zero-order valence-corrected chi connectivity index (χ0v) is 8.37. The molecule has 1 unspecified atom stereocenters. The first kappa shape index (κ1) is 11.9. The van der Waals surface area contributed by atoms with Crippen LogP contribution in [0.3, 0.4) is 0 Å². The van der Waals surface area contributed by atoms with Crippen molar-refractivity contribution in [1.82, 2.24) is 0 Å². The molecule has 16 heavy (non-hydrogen) atoms. The van der Waals surface area contributed by atoms with Crippen molar-refractivity contribution in [2.24, 2.45) is 0 Å². The number of rotatable bonds is 3. The molecule has 0 bridgehead atoms. The number of nitrogens with zero attached hydrogens (tertiary/aromatic N) is 1. The van der Waals surface area contributed by atoms with Gasteiger partial charge in [0.05, 0.1) is 6.61 Å². The SMILES string of the molecule is CCOC(=O)C1=CC=C(O)C([N+](=O)[O-])C1=O. The molecule has 1 atom stereocenters. The lowest BCUT2D eigenvalue weighted by Crippen LogP contribution is -2.37. The van der Waals surface area contributed by atoms with Gasteiger partial charge in [-0.1, -0.05) is 0 Å². The Morgan fingerprint density at radius 2 is 2.25 bits per heavy atom. The number of hydrogen-bond acceptors (Lipinski definition) is 6. The van der Waals surface area contributed by atoms with E-state index in [1.54, 1.807) is 6.92 Å². The van der Waals surface area contributed by atoms with Crippen LogP contribution in [0.5, 0.6) is 0 Å². The minimum absolute atomic E-state index is 0.0578. The number of aliphatic hydroxyl groups is 1. The summed E-state index contributed by atoms with van der Waals surface area (Å²) in [6, 6.07) is -1.91. The van der Waals surface area contributed by atoms with Crippen LogP contribution in [0.25, 0.3) is 0 Å². The Labute approximate surface area is 90.2 Å². The van der Waals surface area contributed by atoms with Crippen molar-refractivity contribution < 1.29 is 24.4 Å². The molecule has 0 saturated carbocycles. The van der Waals surface area contributed by atoms with Gasteiger partial charge in [-0.15, -0.1) is 0 Å². The van der Waals surface area contributed by atoms with Gasteiger partial charge >= 0.3 is 12.0 Å². The largest absolute Gasteiger partial charge is 0.505 e. The highest BCUT2D eigenvalue weighted by molar-refractivity contribution is 6.20. The summed E-state index contributed by atoms with van der Waals surface area (Å²) >= 11 is 0. The quantitative estimate of drug-likeness (QED) is 0.318. The fourth-order valence-electron chi connectivity index (χ4n) is 1.20. The Morgan fingerprint density at radius 3 is 2.75 bits per heavy atom. The van der Waals surface area contributed by atoms with E-state index in [1.165, 1.54) is 0 Å². The molecule has 7 nitrogen and oxygen atoms in total. The molecule has 86 valence electrons. The van der Waals surface area contributed by atoms with Crippen LogP contribution in [0.4, 0.5) is 0 Å². The van der Waals surface area contributed by atoms with Gasteiger partial charge in [0, 0.05) is 4.92 Å². The molecule has 1 N–H and O–H groups in total. The highest BCUT2D eigenvalue weighted by Gasteiger charge is 2.41. The zero-order valence-electron chi connectivity index (χ0n) is 8.37. The summed E-state index contributed by atoms with van der Waals surface area (Å²) < 4.78 is 4.55. The summed E-state index contributed by atoms with van der Waals surface area (Å²) in [4.78, 5) is 32.3. The van der Waals surface area contributed by atoms with Crippen LogP contribution < -0.4 is 0 Å². The monoisotopic (exact) mass is 227 g/mol. The van der Waals surface area contributed by atoms with Crippen LogP contribution in [0, 0.1) is 10.1 Å². The van der Waals surface area contributed by atoms with Gasteiger partial charge in [-0.3, -0.25) is 14.9 Å². The van der Waals surface area contributed by atoms with Crippen LogP contribution in [0.15, 0.2) is 23.5 Å². The number of aliphatic hydroxyl groups excluding tert-OH is 1. The number of carbonyl (C=O) groups is 2. The highest BCUT2D eigenvalue weighted by atomic mass is 16.6. The molecule has 0 radical (unpaired) electrons. The molecule has 0 heterocycles. The number of ether oxygens (including phenoxy) is 1. The molecule has 1 rings (SSSR count). The third-order valence-corrected chi connectivity index (χ3v) is 1.92. The fraction of sp³-hybridized carbons (Fsp3) is 0.333. The van der Waals surface area contributed by atoms with Crippen molar-refractivity contribution in [1.29, 1.82) is 0 Å². The molecule has 0 aromatic rings. The highest BCUT2D eigenvalue weighted by Crippen LogP contribution is 2.17. The lowest BCUT2D eigenvalue weighted by molar-refractivity contribution is -0.501. The van der Waals surface area contributed by atoms with Gasteiger partial charge in [0.2, 0.25) is 0 Å². The van der Waals surface area contributed by atoms with E-state index in [9.17, 15) is 19.7 Å². The molecule has 0 fully saturated rings. The molecule has 0 saturated heterocycles. The van der Waals surface area contributed by atoms with Gasteiger partial charge in [-0.25, -0.2) is 4.79 Å². The van der Waals surface area contributed by atoms with Gasteiger partial charge < -0.3 is 9.84 Å². The average Bonchev–Trinajstić information content (AvgIpc) is 2.17. The van der Waals surface area contributed by atoms with Crippen molar-refractivity contribution >= 4 is 11.8 Å². The average molecular weight is 227 g/mol. The molecule has 1 aliphatic carbocycles. The molecule has 0 spiro atoms. The normalized spacial score (nSPS) is 19.8. The van der Waals surface area contributed by atoms with Crippen molar-refractivity contribution in [2.75, 3.05) is 6.61 Å². The minimum atomic E-state index is -1.91. The number of nitro groups is 1. The fourth-order valence-corrected chi connectivity index (χ4v) is 1.20. The van der Waals surface area contributed by atoms with E-state index in [0.717, 1.165) is 12.2 Å². The number of esters is 1. The molecular weight excluding hydrogens is 218 g/mol. The van der Waals surface area contributed by atoms with Crippen molar-refractivity contribution in [3.05, 3.63) is 33.6 Å². The molecular formula is C9H9NO6. The van der Waals surface area contributed by atoms with E-state index in [2.05, 4.69) is 4.74 Å². The third-order valence-electron chi connectivity index (χ3n) is 1.92. The number of Topliss-reactive ketones (excluding diaryl/α,β-unsaturated/α-hetero) is 1. The first-order valence-corrected chi connectivity index (χ1v) is 4.44. The van der Waals surface area contributed by atoms with E-state index in [0.29, 0.717) is 0 Å². The van der Waals surface area contributed by atoms with Gasteiger partial charge in [-0.05, 0) is 19.1 Å². The van der Waals surface area contributed by atoms with E-state index >= 15 is 0 Å². The van der Waals surface area contributed by atoms with Crippen LogP contribution >= 0.6 is 0 Å². The second kappa shape index (κ2) is 4.56. The second-order valence-electron chi connectivity index (χ2n) is 2.94. The van der Waals surface area contributed by atoms with Gasteiger partial charge in [0.25, 0.3) is 5.78 Å². The topological polar surface area (TPSA) is 107 Å². The molecule has 0 aromatic heterocycles. The standard InChI is InChI=1S/C9H9NO6/c1-2-16-9(13)5-3-4-6(11)7(8(5)12)10(14)15/h3-4,7,11H,2H2,1H3. The number of ketones is 1. The van der Waals surface area contributed by atoms with Crippen molar-refractivity contribution in [2.45, 2.75) is 13.0 Å². The van der Waals surface area contributed by atoms with Crippen molar-refractivity contribution in [3.63, 3.8) is 0 Å². The minimum Gasteiger partial charge on any atom is -0.505 e. The Bertz CT molecular complexity index is 408. The first-order chi connectivity index (χ1) is 7.49. The van der Waals surface area contributed by atoms with E-state index in [-0.39, 0.29) is 6.61 Å². The predicted molar refractivity (Wildman–Crippen MR) is 51.2 cm³/mol. The first-order valence-electron chi connectivity index (χ1n) is 4.44.